The van der Waals surface area contributed by atoms with Crippen LogP contribution in [0.3, 0.4) is 0 Å². The van der Waals surface area contributed by atoms with Gasteiger partial charge in [0, 0.05) is 24.4 Å². The number of carbonyl (C=O) groups excluding carboxylic acids is 1. The number of hydrogen-bond acceptors (Lipinski definition) is 6. The summed E-state index contributed by atoms with van der Waals surface area (Å²) in [4.78, 5) is 20.8. The second kappa shape index (κ2) is 8.67. The molecular weight excluding hydrogens is 372 g/mol. The molecule has 1 aliphatic heterocycles. The molecule has 0 saturated carbocycles. The van der Waals surface area contributed by atoms with E-state index in [-0.39, 0.29) is 11.9 Å². The van der Waals surface area contributed by atoms with Gasteiger partial charge in [0.2, 0.25) is 11.8 Å². The minimum atomic E-state index is -0.241. The quantitative estimate of drug-likeness (QED) is 0.665. The third-order valence-electron chi connectivity index (χ3n) is 5.06. The van der Waals surface area contributed by atoms with Crippen molar-refractivity contribution in [3.63, 3.8) is 0 Å². The fourth-order valence-electron chi connectivity index (χ4n) is 3.56. The molecule has 146 valence electrons. The molecule has 28 heavy (non-hydrogen) atoms. The minimum absolute atomic E-state index is 0.0567. The van der Waals surface area contributed by atoms with Crippen molar-refractivity contribution in [1.82, 2.24) is 20.4 Å². The Balaban J connectivity index is 1.46. The van der Waals surface area contributed by atoms with Gasteiger partial charge in [-0.05, 0) is 35.4 Å². The number of benzene rings is 1. The molecule has 3 heterocycles. The number of aryl methyl sites for hydroxylation is 1. The van der Waals surface area contributed by atoms with Crippen molar-refractivity contribution in [2.24, 2.45) is 0 Å². The molecule has 0 spiro atoms. The van der Waals surface area contributed by atoms with Crippen LogP contribution < -0.4 is 5.32 Å². The summed E-state index contributed by atoms with van der Waals surface area (Å²) in [5.41, 5.74) is 2.48. The van der Waals surface area contributed by atoms with Crippen molar-refractivity contribution in [2.75, 3.05) is 6.54 Å². The second-order valence-corrected chi connectivity index (χ2v) is 8.00. The molecule has 2 aromatic heterocycles. The summed E-state index contributed by atoms with van der Waals surface area (Å²) in [6.07, 6.45) is 2.28. The molecule has 1 aromatic carbocycles. The van der Waals surface area contributed by atoms with E-state index in [0.717, 1.165) is 12.8 Å². The van der Waals surface area contributed by atoms with Gasteiger partial charge >= 0.3 is 0 Å². The average molecular weight is 397 g/mol. The molecule has 4 rings (SSSR count). The number of rotatable bonds is 7. The number of hydrogen-bond donors (Lipinski definition) is 1. The normalized spacial score (nSPS) is 16.7. The lowest BCUT2D eigenvalue weighted by Gasteiger charge is -2.35. The van der Waals surface area contributed by atoms with E-state index >= 15 is 0 Å². The average Bonchev–Trinajstić information content (AvgIpc) is 3.39. The molecule has 0 radical (unpaired) electrons. The van der Waals surface area contributed by atoms with Crippen LogP contribution in [0.1, 0.15) is 34.6 Å². The predicted molar refractivity (Wildman–Crippen MR) is 108 cm³/mol. The Kier molecular flexibility index (Phi) is 5.83. The first-order valence-corrected chi connectivity index (χ1v) is 10.5. The largest absolute Gasteiger partial charge is 0.354 e. The van der Waals surface area contributed by atoms with Crippen molar-refractivity contribution >= 4 is 17.2 Å². The SMILES string of the molecule is CCc1noc(CN2Cc3ccccc3C[C@@H]2C(=O)NCCc2cccs2)n1. The fraction of sp³-hybridized carbons (Fsp3) is 0.381. The molecule has 0 aliphatic carbocycles. The Bertz CT molecular complexity index is 922. The molecule has 1 N–H and O–H groups in total. The maximum absolute atomic E-state index is 13.0. The highest BCUT2D eigenvalue weighted by molar-refractivity contribution is 7.09. The van der Waals surface area contributed by atoms with Crippen molar-refractivity contribution < 1.29 is 9.32 Å². The van der Waals surface area contributed by atoms with Gasteiger partial charge < -0.3 is 9.84 Å². The zero-order valence-electron chi connectivity index (χ0n) is 15.9. The predicted octanol–water partition coefficient (Wildman–Crippen LogP) is 2.98. The molecular formula is C21H24N4O2S. The topological polar surface area (TPSA) is 71.3 Å². The molecule has 7 heteroatoms. The van der Waals surface area contributed by atoms with Crippen LogP contribution in [0.25, 0.3) is 0 Å². The lowest BCUT2D eigenvalue weighted by atomic mass is 9.93. The van der Waals surface area contributed by atoms with Crippen LogP contribution >= 0.6 is 11.3 Å². The first-order valence-electron chi connectivity index (χ1n) is 9.65. The number of fused-ring (bicyclic) bond motifs is 1. The number of amides is 1. The maximum atomic E-state index is 13.0. The van der Waals surface area contributed by atoms with Gasteiger partial charge in [0.05, 0.1) is 12.6 Å². The van der Waals surface area contributed by atoms with Crippen LogP contribution in [-0.2, 0) is 37.1 Å². The number of aromatic nitrogens is 2. The molecule has 0 saturated heterocycles. The summed E-state index contributed by atoms with van der Waals surface area (Å²) in [5.74, 6) is 1.32. The molecule has 0 unspecified atom stereocenters. The van der Waals surface area contributed by atoms with Gasteiger partial charge in [-0.1, -0.05) is 42.4 Å². The monoisotopic (exact) mass is 396 g/mol. The van der Waals surface area contributed by atoms with E-state index in [1.54, 1.807) is 11.3 Å². The summed E-state index contributed by atoms with van der Waals surface area (Å²) in [7, 11) is 0. The van der Waals surface area contributed by atoms with Gasteiger partial charge in [-0.25, -0.2) is 0 Å². The molecule has 1 amide bonds. The van der Waals surface area contributed by atoms with Crippen LogP contribution in [0.4, 0.5) is 0 Å². The van der Waals surface area contributed by atoms with Crippen LogP contribution in [-0.4, -0.2) is 33.5 Å². The molecule has 6 nitrogen and oxygen atoms in total. The highest BCUT2D eigenvalue weighted by Gasteiger charge is 2.32. The summed E-state index contributed by atoms with van der Waals surface area (Å²) in [6.45, 7) is 3.81. The van der Waals surface area contributed by atoms with E-state index in [4.69, 9.17) is 4.52 Å². The third-order valence-corrected chi connectivity index (χ3v) is 6.00. The van der Waals surface area contributed by atoms with Crippen LogP contribution in [0.15, 0.2) is 46.3 Å². The first kappa shape index (κ1) is 18.8. The summed E-state index contributed by atoms with van der Waals surface area (Å²) in [6, 6.07) is 12.2. The fourth-order valence-corrected chi connectivity index (χ4v) is 4.26. The summed E-state index contributed by atoms with van der Waals surface area (Å²) in [5, 5.41) is 9.15. The van der Waals surface area contributed by atoms with E-state index in [9.17, 15) is 4.79 Å². The Morgan fingerprint density at radius 1 is 1.29 bits per heavy atom. The zero-order valence-corrected chi connectivity index (χ0v) is 16.7. The van der Waals surface area contributed by atoms with Gasteiger partial charge in [0.1, 0.15) is 0 Å². The molecule has 0 fully saturated rings. The van der Waals surface area contributed by atoms with Gasteiger partial charge in [0.25, 0.3) is 0 Å². The number of carbonyl (C=O) groups is 1. The number of thiophene rings is 1. The maximum Gasteiger partial charge on any atom is 0.240 e. The van der Waals surface area contributed by atoms with E-state index in [1.165, 1.54) is 16.0 Å². The zero-order chi connectivity index (χ0) is 19.3. The summed E-state index contributed by atoms with van der Waals surface area (Å²) >= 11 is 1.72. The number of nitrogens with zero attached hydrogens (tertiary/aromatic N) is 3. The summed E-state index contributed by atoms with van der Waals surface area (Å²) < 4.78 is 5.37. The molecule has 0 bridgehead atoms. The van der Waals surface area contributed by atoms with Crippen molar-refractivity contribution in [1.29, 1.82) is 0 Å². The van der Waals surface area contributed by atoms with Gasteiger partial charge in [-0.2, -0.15) is 4.98 Å². The standard InChI is InChI=1S/C21H24N4O2S/c1-2-19-23-20(27-24-19)14-25-13-16-7-4-3-6-15(16)12-18(25)21(26)22-10-9-17-8-5-11-28-17/h3-8,11,18H,2,9-10,12-14H2,1H3,(H,22,26)/t18-/m1/s1. The van der Waals surface area contributed by atoms with Gasteiger partial charge in [0.15, 0.2) is 5.82 Å². The Hall–Kier alpha value is -2.51. The Morgan fingerprint density at radius 2 is 2.14 bits per heavy atom. The minimum Gasteiger partial charge on any atom is -0.354 e. The van der Waals surface area contributed by atoms with Crippen molar-refractivity contribution in [2.45, 2.75) is 45.3 Å². The second-order valence-electron chi connectivity index (χ2n) is 6.97. The molecule has 1 aliphatic rings. The Labute approximate surface area is 168 Å². The van der Waals surface area contributed by atoms with Crippen LogP contribution in [0, 0.1) is 0 Å². The van der Waals surface area contributed by atoms with Gasteiger partial charge in [-0.15, -0.1) is 11.3 Å². The lowest BCUT2D eigenvalue weighted by Crippen LogP contribution is -2.50. The molecule has 3 aromatic rings. The lowest BCUT2D eigenvalue weighted by molar-refractivity contribution is -0.127. The van der Waals surface area contributed by atoms with Crippen molar-refractivity contribution in [3.05, 3.63) is 69.5 Å². The van der Waals surface area contributed by atoms with E-state index < -0.39 is 0 Å². The van der Waals surface area contributed by atoms with Gasteiger partial charge in [-0.3, -0.25) is 9.69 Å². The first-order chi connectivity index (χ1) is 13.7. The smallest absolute Gasteiger partial charge is 0.240 e. The van der Waals surface area contributed by atoms with Crippen molar-refractivity contribution in [3.8, 4) is 0 Å². The third kappa shape index (κ3) is 4.31. The highest BCUT2D eigenvalue weighted by Crippen LogP contribution is 2.25. The van der Waals surface area contributed by atoms with Crippen LogP contribution in [0.5, 0.6) is 0 Å². The number of nitrogens with one attached hydrogen (secondary N) is 1. The van der Waals surface area contributed by atoms with E-state index in [0.29, 0.717) is 37.8 Å². The Morgan fingerprint density at radius 3 is 2.89 bits per heavy atom. The highest BCUT2D eigenvalue weighted by atomic mass is 32.1. The van der Waals surface area contributed by atoms with E-state index in [1.807, 2.05) is 25.1 Å². The van der Waals surface area contributed by atoms with E-state index in [2.05, 4.69) is 43.9 Å². The van der Waals surface area contributed by atoms with Crippen LogP contribution in [0.2, 0.25) is 0 Å². The molecule has 1 atom stereocenters.